The Balaban J connectivity index is 3.36. The van der Waals surface area contributed by atoms with E-state index in [9.17, 15) is 19.1 Å². The molecule has 0 aromatic heterocycles. The SMILES string of the molecule is CCCC(O)c1cc(OC(=O)C(C)(C)C)c(OC(=O)C(C)(C)C)cc1F. The molecule has 0 spiro atoms. The molecule has 1 atom stereocenters. The summed E-state index contributed by atoms with van der Waals surface area (Å²) in [6.45, 7) is 11.9. The standard InChI is InChI=1S/C20H29FO5/c1-8-9-14(22)12-10-15(25-17(23)19(2,3)4)16(11-13(12)21)26-18(24)20(5,6)7/h10-11,14,22H,8-9H2,1-7H3. The first-order valence-corrected chi connectivity index (χ1v) is 8.73. The second-order valence-electron chi connectivity index (χ2n) is 8.40. The largest absolute Gasteiger partial charge is 0.422 e. The molecule has 0 amide bonds. The number of carbonyl (C=O) groups is 2. The molecule has 1 unspecified atom stereocenters. The van der Waals surface area contributed by atoms with Crippen molar-refractivity contribution in [3.8, 4) is 11.5 Å². The predicted octanol–water partition coefficient (Wildman–Crippen LogP) is 4.56. The smallest absolute Gasteiger partial charge is 0.316 e. The number of benzene rings is 1. The second-order valence-corrected chi connectivity index (χ2v) is 8.40. The summed E-state index contributed by atoms with van der Waals surface area (Å²) in [5.41, 5.74) is -1.62. The van der Waals surface area contributed by atoms with E-state index in [0.29, 0.717) is 12.8 Å². The molecule has 0 heterocycles. The van der Waals surface area contributed by atoms with Gasteiger partial charge in [-0.2, -0.15) is 0 Å². The molecular formula is C20H29FO5. The van der Waals surface area contributed by atoms with E-state index in [2.05, 4.69) is 0 Å². The number of rotatable bonds is 5. The van der Waals surface area contributed by atoms with Crippen LogP contribution in [0.3, 0.4) is 0 Å². The van der Waals surface area contributed by atoms with Crippen LogP contribution in [0.25, 0.3) is 0 Å². The van der Waals surface area contributed by atoms with Gasteiger partial charge < -0.3 is 14.6 Å². The van der Waals surface area contributed by atoms with E-state index in [1.807, 2.05) is 6.92 Å². The molecule has 0 radical (unpaired) electrons. The molecule has 146 valence electrons. The maximum Gasteiger partial charge on any atom is 0.316 e. The van der Waals surface area contributed by atoms with Gasteiger partial charge in [-0.15, -0.1) is 0 Å². The van der Waals surface area contributed by atoms with Crippen LogP contribution in [0.1, 0.15) is 73.0 Å². The maximum absolute atomic E-state index is 14.4. The lowest BCUT2D eigenvalue weighted by Crippen LogP contribution is -2.28. The van der Waals surface area contributed by atoms with Crippen LogP contribution < -0.4 is 9.47 Å². The quantitative estimate of drug-likeness (QED) is 0.609. The number of esters is 2. The fourth-order valence-electron chi connectivity index (χ4n) is 1.90. The van der Waals surface area contributed by atoms with Gasteiger partial charge >= 0.3 is 11.9 Å². The number of carbonyl (C=O) groups excluding carboxylic acids is 2. The number of hydrogen-bond acceptors (Lipinski definition) is 5. The van der Waals surface area contributed by atoms with Crippen LogP contribution in [0.5, 0.6) is 11.5 Å². The zero-order valence-electron chi connectivity index (χ0n) is 16.6. The fraction of sp³-hybridized carbons (Fsp3) is 0.600. The first-order chi connectivity index (χ1) is 11.8. The first kappa shape index (κ1) is 22.1. The van der Waals surface area contributed by atoms with E-state index in [4.69, 9.17) is 9.47 Å². The van der Waals surface area contributed by atoms with Gasteiger partial charge in [0.15, 0.2) is 11.5 Å². The lowest BCUT2D eigenvalue weighted by Gasteiger charge is -2.21. The van der Waals surface area contributed by atoms with E-state index in [-0.39, 0.29) is 17.1 Å². The molecule has 5 nitrogen and oxygen atoms in total. The van der Waals surface area contributed by atoms with Crippen molar-refractivity contribution in [2.75, 3.05) is 0 Å². The van der Waals surface area contributed by atoms with Crippen LogP contribution in [0, 0.1) is 16.6 Å². The van der Waals surface area contributed by atoms with Gasteiger partial charge in [0.25, 0.3) is 0 Å². The average Bonchev–Trinajstić information content (AvgIpc) is 2.47. The van der Waals surface area contributed by atoms with Crippen molar-refractivity contribution in [3.63, 3.8) is 0 Å². The molecule has 1 aromatic rings. The van der Waals surface area contributed by atoms with Crippen LogP contribution in [0.2, 0.25) is 0 Å². The van der Waals surface area contributed by atoms with E-state index in [1.54, 1.807) is 41.5 Å². The van der Waals surface area contributed by atoms with Gasteiger partial charge in [-0.1, -0.05) is 13.3 Å². The molecule has 1 aromatic carbocycles. The summed E-state index contributed by atoms with van der Waals surface area (Å²) in [4.78, 5) is 24.4. The molecule has 0 fully saturated rings. The minimum atomic E-state index is -1.04. The number of hydrogen-bond donors (Lipinski definition) is 1. The van der Waals surface area contributed by atoms with Crippen molar-refractivity contribution in [2.24, 2.45) is 10.8 Å². The van der Waals surface area contributed by atoms with E-state index >= 15 is 0 Å². The van der Waals surface area contributed by atoms with Crippen molar-refractivity contribution in [1.82, 2.24) is 0 Å². The van der Waals surface area contributed by atoms with Crippen molar-refractivity contribution in [3.05, 3.63) is 23.5 Å². The molecular weight excluding hydrogens is 339 g/mol. The monoisotopic (exact) mass is 368 g/mol. The third kappa shape index (κ3) is 5.80. The van der Waals surface area contributed by atoms with Crippen LogP contribution >= 0.6 is 0 Å². The summed E-state index contributed by atoms with van der Waals surface area (Å²) < 4.78 is 25.0. The van der Waals surface area contributed by atoms with Crippen LogP contribution in [0.15, 0.2) is 12.1 Å². The zero-order valence-corrected chi connectivity index (χ0v) is 16.6. The molecule has 26 heavy (non-hydrogen) atoms. The Morgan fingerprint density at radius 2 is 1.42 bits per heavy atom. The van der Waals surface area contributed by atoms with Crippen molar-refractivity contribution in [2.45, 2.75) is 67.4 Å². The Labute approximate surface area is 154 Å². The third-order valence-electron chi connectivity index (χ3n) is 3.61. The van der Waals surface area contributed by atoms with E-state index < -0.39 is 34.7 Å². The highest BCUT2D eigenvalue weighted by atomic mass is 19.1. The predicted molar refractivity (Wildman–Crippen MR) is 96.4 cm³/mol. The van der Waals surface area contributed by atoms with E-state index in [0.717, 1.165) is 6.07 Å². The maximum atomic E-state index is 14.4. The van der Waals surface area contributed by atoms with Gasteiger partial charge in [-0.3, -0.25) is 9.59 Å². The lowest BCUT2D eigenvalue weighted by molar-refractivity contribution is -0.145. The van der Waals surface area contributed by atoms with Crippen molar-refractivity contribution < 1.29 is 28.6 Å². The van der Waals surface area contributed by atoms with Crippen molar-refractivity contribution in [1.29, 1.82) is 0 Å². The Bertz CT molecular complexity index is 668. The highest BCUT2D eigenvalue weighted by Gasteiger charge is 2.29. The lowest BCUT2D eigenvalue weighted by atomic mass is 9.97. The van der Waals surface area contributed by atoms with Gasteiger partial charge in [-0.25, -0.2) is 4.39 Å². The summed E-state index contributed by atoms with van der Waals surface area (Å²) in [5.74, 6) is -2.15. The molecule has 0 aliphatic heterocycles. The van der Waals surface area contributed by atoms with E-state index in [1.165, 1.54) is 6.07 Å². The molecule has 0 aliphatic rings. The van der Waals surface area contributed by atoms with Gasteiger partial charge in [0.2, 0.25) is 0 Å². The summed E-state index contributed by atoms with van der Waals surface area (Å²) in [6, 6.07) is 2.20. The molecule has 1 N–H and O–H groups in total. The summed E-state index contributed by atoms with van der Waals surface area (Å²) in [6.07, 6.45) is -0.0390. The highest BCUT2D eigenvalue weighted by molar-refractivity contribution is 5.81. The number of aliphatic hydroxyl groups is 1. The third-order valence-corrected chi connectivity index (χ3v) is 3.61. The van der Waals surface area contributed by atoms with Crippen LogP contribution in [-0.2, 0) is 9.59 Å². The van der Waals surface area contributed by atoms with Crippen molar-refractivity contribution >= 4 is 11.9 Å². The van der Waals surface area contributed by atoms with Gasteiger partial charge in [0.1, 0.15) is 5.82 Å². The van der Waals surface area contributed by atoms with Gasteiger partial charge in [0, 0.05) is 11.6 Å². The zero-order chi connectivity index (χ0) is 20.3. The molecule has 1 rings (SSSR count). The molecule has 0 saturated heterocycles. The van der Waals surface area contributed by atoms with Gasteiger partial charge in [0.05, 0.1) is 16.9 Å². The highest BCUT2D eigenvalue weighted by Crippen LogP contribution is 2.36. The number of aliphatic hydroxyl groups excluding tert-OH is 1. The number of halogens is 1. The Hall–Kier alpha value is -1.95. The Morgan fingerprint density at radius 1 is 1.00 bits per heavy atom. The summed E-state index contributed by atoms with van der Waals surface area (Å²) in [5, 5.41) is 10.1. The van der Waals surface area contributed by atoms with Crippen LogP contribution in [-0.4, -0.2) is 17.0 Å². The minimum Gasteiger partial charge on any atom is -0.422 e. The molecule has 0 aliphatic carbocycles. The Morgan fingerprint density at radius 3 is 1.81 bits per heavy atom. The summed E-state index contributed by atoms with van der Waals surface area (Å²) in [7, 11) is 0. The average molecular weight is 368 g/mol. The molecule has 6 heteroatoms. The Kier molecular flexibility index (Phi) is 6.94. The topological polar surface area (TPSA) is 72.8 Å². The van der Waals surface area contributed by atoms with Crippen LogP contribution in [0.4, 0.5) is 4.39 Å². The summed E-state index contributed by atoms with van der Waals surface area (Å²) >= 11 is 0. The molecule has 0 bridgehead atoms. The fourth-order valence-corrected chi connectivity index (χ4v) is 1.90. The number of ether oxygens (including phenoxy) is 2. The van der Waals surface area contributed by atoms with Gasteiger partial charge in [-0.05, 0) is 54.0 Å². The normalized spacial score (nSPS) is 13.3. The minimum absolute atomic E-state index is 0.000818. The first-order valence-electron chi connectivity index (χ1n) is 8.73. The second kappa shape index (κ2) is 8.16. The molecule has 0 saturated carbocycles.